The van der Waals surface area contributed by atoms with Crippen LogP contribution in [-0.2, 0) is 16.6 Å². The molecule has 0 unspecified atom stereocenters. The van der Waals surface area contributed by atoms with E-state index in [2.05, 4.69) is 10.3 Å². The van der Waals surface area contributed by atoms with Crippen molar-refractivity contribution in [2.45, 2.75) is 32.4 Å². The van der Waals surface area contributed by atoms with Crippen molar-refractivity contribution in [3.05, 3.63) is 41.8 Å². The van der Waals surface area contributed by atoms with Crippen molar-refractivity contribution in [2.75, 3.05) is 19.3 Å². The topological polar surface area (TPSA) is 75.4 Å². The molecule has 1 aromatic heterocycles. The SMILES string of the molecule is Cc1ccc(-c2nc(CN[C@@H]3CCCN(S(C)(=O)=O)C3)co2)cc1. The molecule has 1 N–H and O–H groups in total. The summed E-state index contributed by atoms with van der Waals surface area (Å²) in [6.07, 6.45) is 4.76. The molecule has 2 heterocycles. The highest BCUT2D eigenvalue weighted by Crippen LogP contribution is 2.19. The standard InChI is InChI=1S/C17H23N3O3S/c1-13-5-7-14(8-6-13)17-19-16(12-23-17)10-18-15-4-3-9-20(11-15)24(2,21)22/h5-8,12,15,18H,3-4,9-11H2,1-2H3/t15-/m1/s1. The van der Waals surface area contributed by atoms with Crippen LogP contribution in [0, 0.1) is 6.92 Å². The van der Waals surface area contributed by atoms with Crippen LogP contribution in [0.4, 0.5) is 0 Å². The summed E-state index contributed by atoms with van der Waals surface area (Å²) in [5.41, 5.74) is 2.97. The largest absolute Gasteiger partial charge is 0.444 e. The summed E-state index contributed by atoms with van der Waals surface area (Å²) < 4.78 is 30.4. The van der Waals surface area contributed by atoms with Crippen molar-refractivity contribution in [3.8, 4) is 11.5 Å². The second-order valence-corrected chi connectivity index (χ2v) is 8.33. The van der Waals surface area contributed by atoms with Gasteiger partial charge in [0.15, 0.2) is 0 Å². The van der Waals surface area contributed by atoms with Gasteiger partial charge in [-0.1, -0.05) is 17.7 Å². The van der Waals surface area contributed by atoms with Gasteiger partial charge in [-0.25, -0.2) is 17.7 Å². The molecule has 24 heavy (non-hydrogen) atoms. The summed E-state index contributed by atoms with van der Waals surface area (Å²) in [4.78, 5) is 4.50. The average molecular weight is 349 g/mol. The molecule has 1 aromatic carbocycles. The van der Waals surface area contributed by atoms with Crippen LogP contribution in [0.2, 0.25) is 0 Å². The van der Waals surface area contributed by atoms with Crippen molar-refractivity contribution in [3.63, 3.8) is 0 Å². The number of sulfonamides is 1. The van der Waals surface area contributed by atoms with Crippen LogP contribution in [0.1, 0.15) is 24.1 Å². The van der Waals surface area contributed by atoms with Crippen molar-refractivity contribution in [2.24, 2.45) is 0 Å². The number of nitrogens with one attached hydrogen (secondary N) is 1. The quantitative estimate of drug-likeness (QED) is 0.895. The number of oxazole rings is 1. The van der Waals surface area contributed by atoms with Crippen LogP contribution in [0.15, 0.2) is 34.9 Å². The number of aryl methyl sites for hydroxylation is 1. The molecule has 7 heteroatoms. The third kappa shape index (κ3) is 4.23. The van der Waals surface area contributed by atoms with Crippen molar-refractivity contribution in [1.82, 2.24) is 14.6 Å². The Bertz CT molecular complexity index is 784. The summed E-state index contributed by atoms with van der Waals surface area (Å²) >= 11 is 0. The number of hydrogen-bond donors (Lipinski definition) is 1. The smallest absolute Gasteiger partial charge is 0.226 e. The molecule has 0 amide bonds. The first-order valence-corrected chi connectivity index (χ1v) is 9.96. The Labute approximate surface area is 142 Å². The van der Waals surface area contributed by atoms with E-state index in [0.29, 0.717) is 25.5 Å². The van der Waals surface area contributed by atoms with E-state index in [4.69, 9.17) is 4.42 Å². The van der Waals surface area contributed by atoms with Gasteiger partial charge in [-0.3, -0.25) is 0 Å². The summed E-state index contributed by atoms with van der Waals surface area (Å²) in [5.74, 6) is 0.605. The van der Waals surface area contributed by atoms with Crippen molar-refractivity contribution < 1.29 is 12.8 Å². The lowest BCUT2D eigenvalue weighted by Crippen LogP contribution is -2.47. The summed E-state index contributed by atoms with van der Waals surface area (Å²) in [5, 5.41) is 3.39. The van der Waals surface area contributed by atoms with E-state index in [1.165, 1.54) is 16.1 Å². The monoisotopic (exact) mass is 349 g/mol. The van der Waals surface area contributed by atoms with Gasteiger partial charge in [0.2, 0.25) is 15.9 Å². The molecule has 0 saturated carbocycles. The lowest BCUT2D eigenvalue weighted by Gasteiger charge is -2.31. The van der Waals surface area contributed by atoms with Crippen molar-refractivity contribution >= 4 is 10.0 Å². The van der Waals surface area contributed by atoms with Crippen LogP contribution in [0.5, 0.6) is 0 Å². The van der Waals surface area contributed by atoms with Gasteiger partial charge < -0.3 is 9.73 Å². The maximum absolute atomic E-state index is 11.7. The van der Waals surface area contributed by atoms with Gasteiger partial charge in [-0.15, -0.1) is 0 Å². The number of piperidine rings is 1. The number of benzene rings is 1. The predicted molar refractivity (Wildman–Crippen MR) is 93.0 cm³/mol. The fraction of sp³-hybridized carbons (Fsp3) is 0.471. The molecule has 3 rings (SSSR count). The molecular weight excluding hydrogens is 326 g/mol. The Kier molecular flexibility index (Phi) is 5.03. The Morgan fingerprint density at radius 3 is 2.79 bits per heavy atom. The number of hydrogen-bond acceptors (Lipinski definition) is 5. The van der Waals surface area contributed by atoms with E-state index < -0.39 is 10.0 Å². The minimum absolute atomic E-state index is 0.146. The molecule has 0 aliphatic carbocycles. The molecule has 1 saturated heterocycles. The van der Waals surface area contributed by atoms with Gasteiger partial charge in [0.1, 0.15) is 6.26 Å². The zero-order chi connectivity index (χ0) is 17.2. The second kappa shape index (κ2) is 7.04. The molecule has 0 spiro atoms. The minimum Gasteiger partial charge on any atom is -0.444 e. The predicted octanol–water partition coefficient (Wildman–Crippen LogP) is 2.16. The van der Waals surface area contributed by atoms with Gasteiger partial charge in [0.25, 0.3) is 0 Å². The van der Waals surface area contributed by atoms with E-state index in [0.717, 1.165) is 24.1 Å². The maximum atomic E-state index is 11.7. The van der Waals surface area contributed by atoms with Gasteiger partial charge >= 0.3 is 0 Å². The van der Waals surface area contributed by atoms with Gasteiger partial charge in [0.05, 0.1) is 11.9 Å². The highest BCUT2D eigenvalue weighted by molar-refractivity contribution is 7.88. The summed E-state index contributed by atoms with van der Waals surface area (Å²) in [6, 6.07) is 8.18. The number of aromatic nitrogens is 1. The number of rotatable bonds is 5. The molecule has 2 aromatic rings. The average Bonchev–Trinajstić information content (AvgIpc) is 3.02. The first-order valence-electron chi connectivity index (χ1n) is 8.12. The molecule has 130 valence electrons. The van der Waals surface area contributed by atoms with Gasteiger partial charge in [-0.05, 0) is 31.9 Å². The van der Waals surface area contributed by atoms with Crippen LogP contribution in [-0.4, -0.2) is 43.1 Å². The fourth-order valence-electron chi connectivity index (χ4n) is 2.88. The van der Waals surface area contributed by atoms with Crippen LogP contribution in [0.3, 0.4) is 0 Å². The second-order valence-electron chi connectivity index (χ2n) is 6.35. The Hall–Kier alpha value is -1.70. The van der Waals surface area contributed by atoms with Gasteiger partial charge in [-0.2, -0.15) is 0 Å². The van der Waals surface area contributed by atoms with Crippen molar-refractivity contribution in [1.29, 1.82) is 0 Å². The van der Waals surface area contributed by atoms with E-state index >= 15 is 0 Å². The molecule has 1 aliphatic rings. The summed E-state index contributed by atoms with van der Waals surface area (Å²) in [7, 11) is -3.12. The zero-order valence-electron chi connectivity index (χ0n) is 14.0. The van der Waals surface area contributed by atoms with Crippen LogP contribution in [0.25, 0.3) is 11.5 Å². The van der Waals surface area contributed by atoms with E-state index in [9.17, 15) is 8.42 Å². The molecule has 1 fully saturated rings. The normalized spacial score (nSPS) is 19.5. The van der Waals surface area contributed by atoms with E-state index in [1.54, 1.807) is 6.26 Å². The Morgan fingerprint density at radius 2 is 2.08 bits per heavy atom. The Balaban J connectivity index is 1.58. The molecule has 1 aliphatic heterocycles. The summed E-state index contributed by atoms with van der Waals surface area (Å²) in [6.45, 7) is 3.73. The molecule has 0 bridgehead atoms. The highest BCUT2D eigenvalue weighted by Gasteiger charge is 2.25. The maximum Gasteiger partial charge on any atom is 0.226 e. The fourth-order valence-corrected chi connectivity index (χ4v) is 3.79. The Morgan fingerprint density at radius 1 is 1.33 bits per heavy atom. The zero-order valence-corrected chi connectivity index (χ0v) is 14.8. The molecule has 0 radical (unpaired) electrons. The molecule has 1 atom stereocenters. The van der Waals surface area contributed by atoms with E-state index in [-0.39, 0.29) is 6.04 Å². The highest BCUT2D eigenvalue weighted by atomic mass is 32.2. The van der Waals surface area contributed by atoms with Crippen LogP contribution < -0.4 is 5.32 Å². The van der Waals surface area contributed by atoms with Crippen LogP contribution >= 0.6 is 0 Å². The first kappa shape index (κ1) is 17.1. The van der Waals surface area contributed by atoms with E-state index in [1.807, 2.05) is 31.2 Å². The van der Waals surface area contributed by atoms with Gasteiger partial charge in [0, 0.05) is 31.2 Å². The molecular formula is C17H23N3O3S. The first-order chi connectivity index (χ1) is 11.4. The third-order valence-electron chi connectivity index (χ3n) is 4.28. The minimum atomic E-state index is -3.12. The molecule has 6 nitrogen and oxygen atoms in total. The number of nitrogens with zero attached hydrogens (tertiary/aromatic N) is 2. The lowest BCUT2D eigenvalue weighted by atomic mass is 10.1. The third-order valence-corrected chi connectivity index (χ3v) is 5.54. The lowest BCUT2D eigenvalue weighted by molar-refractivity contribution is 0.283.